The van der Waals surface area contributed by atoms with Gasteiger partial charge in [-0.05, 0) is 32.9 Å². The lowest BCUT2D eigenvalue weighted by atomic mass is 9.79. The van der Waals surface area contributed by atoms with Crippen LogP contribution in [-0.2, 0) is 9.53 Å². The average molecular weight is 271 g/mol. The fourth-order valence-electron chi connectivity index (χ4n) is 2.58. The fourth-order valence-corrected chi connectivity index (χ4v) is 2.58. The summed E-state index contributed by atoms with van der Waals surface area (Å²) in [6.07, 6.45) is 1.46. The highest BCUT2D eigenvalue weighted by Crippen LogP contribution is 2.29. The third-order valence-electron chi connectivity index (χ3n) is 4.13. The quantitative estimate of drug-likeness (QED) is 0.711. The molecule has 3 N–H and O–H groups in total. The molecular weight excluding hydrogens is 242 g/mol. The standard InChI is InChI=1S/C14H29N3O2/c1-4-17(5-2)10-12(3)16-13(18)14(11-15)6-8-19-9-7-14/h12H,4-11,15H2,1-3H3,(H,16,18). The van der Waals surface area contributed by atoms with E-state index in [0.29, 0.717) is 19.8 Å². The van der Waals surface area contributed by atoms with E-state index in [-0.39, 0.29) is 11.9 Å². The Morgan fingerprint density at radius 1 is 1.37 bits per heavy atom. The van der Waals surface area contributed by atoms with Gasteiger partial charge in [-0.15, -0.1) is 0 Å². The number of ether oxygens (including phenoxy) is 1. The molecule has 0 radical (unpaired) electrons. The number of nitrogens with zero attached hydrogens (tertiary/aromatic N) is 1. The summed E-state index contributed by atoms with van der Waals surface area (Å²) in [5.41, 5.74) is 5.42. The fraction of sp³-hybridized carbons (Fsp3) is 0.929. The SMILES string of the molecule is CCN(CC)CC(C)NC(=O)C1(CN)CCOCC1. The number of carbonyl (C=O) groups is 1. The number of nitrogens with one attached hydrogen (secondary N) is 1. The first-order valence-corrected chi connectivity index (χ1v) is 7.39. The van der Waals surface area contributed by atoms with Gasteiger partial charge in [0.2, 0.25) is 5.91 Å². The highest BCUT2D eigenvalue weighted by molar-refractivity contribution is 5.83. The van der Waals surface area contributed by atoms with Crippen molar-refractivity contribution in [3.05, 3.63) is 0 Å². The average Bonchev–Trinajstić information content (AvgIpc) is 2.45. The highest BCUT2D eigenvalue weighted by atomic mass is 16.5. The van der Waals surface area contributed by atoms with Crippen LogP contribution in [0.4, 0.5) is 0 Å². The number of amides is 1. The first kappa shape index (κ1) is 16.4. The summed E-state index contributed by atoms with van der Waals surface area (Å²) in [5, 5.41) is 3.12. The van der Waals surface area contributed by atoms with Gasteiger partial charge in [-0.3, -0.25) is 4.79 Å². The van der Waals surface area contributed by atoms with E-state index in [9.17, 15) is 4.79 Å². The molecule has 0 aromatic carbocycles. The predicted molar refractivity (Wildman–Crippen MR) is 76.9 cm³/mol. The first-order valence-electron chi connectivity index (χ1n) is 7.39. The summed E-state index contributed by atoms with van der Waals surface area (Å²) >= 11 is 0. The molecule has 1 fully saturated rings. The van der Waals surface area contributed by atoms with Crippen molar-refractivity contribution in [2.45, 2.75) is 39.7 Å². The van der Waals surface area contributed by atoms with E-state index >= 15 is 0 Å². The second-order valence-corrected chi connectivity index (χ2v) is 5.46. The van der Waals surface area contributed by atoms with Gasteiger partial charge in [-0.1, -0.05) is 13.8 Å². The normalized spacial score (nSPS) is 20.3. The molecule has 0 saturated carbocycles. The van der Waals surface area contributed by atoms with Gasteiger partial charge in [0.1, 0.15) is 0 Å². The molecular formula is C14H29N3O2. The Balaban J connectivity index is 2.52. The minimum Gasteiger partial charge on any atom is -0.381 e. The van der Waals surface area contributed by atoms with Crippen molar-refractivity contribution in [3.8, 4) is 0 Å². The van der Waals surface area contributed by atoms with Crippen LogP contribution in [0.25, 0.3) is 0 Å². The van der Waals surface area contributed by atoms with Crippen LogP contribution in [0.5, 0.6) is 0 Å². The van der Waals surface area contributed by atoms with Gasteiger partial charge in [0.25, 0.3) is 0 Å². The smallest absolute Gasteiger partial charge is 0.227 e. The van der Waals surface area contributed by atoms with Crippen molar-refractivity contribution in [2.24, 2.45) is 11.1 Å². The Morgan fingerprint density at radius 2 is 1.95 bits per heavy atom. The largest absolute Gasteiger partial charge is 0.381 e. The van der Waals surface area contributed by atoms with Gasteiger partial charge in [0.05, 0.1) is 5.41 Å². The summed E-state index contributed by atoms with van der Waals surface area (Å²) in [4.78, 5) is 14.8. The van der Waals surface area contributed by atoms with E-state index in [4.69, 9.17) is 10.5 Å². The van der Waals surface area contributed by atoms with Crippen molar-refractivity contribution in [2.75, 3.05) is 39.4 Å². The van der Waals surface area contributed by atoms with Crippen LogP contribution in [0, 0.1) is 5.41 Å². The molecule has 1 saturated heterocycles. The lowest BCUT2D eigenvalue weighted by Gasteiger charge is -2.36. The van der Waals surface area contributed by atoms with Crippen LogP contribution >= 0.6 is 0 Å². The molecule has 1 aliphatic heterocycles. The molecule has 0 bridgehead atoms. The number of carbonyl (C=O) groups excluding carboxylic acids is 1. The summed E-state index contributed by atoms with van der Waals surface area (Å²) in [6.45, 7) is 10.9. The predicted octanol–water partition coefficient (Wildman–Crippen LogP) is 0.588. The van der Waals surface area contributed by atoms with Crippen LogP contribution < -0.4 is 11.1 Å². The summed E-state index contributed by atoms with van der Waals surface area (Å²) in [6, 6.07) is 0.152. The van der Waals surface area contributed by atoms with Crippen molar-refractivity contribution in [1.29, 1.82) is 0 Å². The Kier molecular flexibility index (Phi) is 6.75. The molecule has 112 valence electrons. The zero-order valence-electron chi connectivity index (χ0n) is 12.6. The summed E-state index contributed by atoms with van der Waals surface area (Å²) < 4.78 is 5.34. The third-order valence-corrected chi connectivity index (χ3v) is 4.13. The molecule has 1 aliphatic rings. The van der Waals surface area contributed by atoms with Crippen LogP contribution in [-0.4, -0.2) is 56.2 Å². The minimum atomic E-state index is -0.421. The molecule has 0 aromatic heterocycles. The molecule has 0 spiro atoms. The summed E-state index contributed by atoms with van der Waals surface area (Å²) in [7, 11) is 0. The van der Waals surface area contributed by atoms with Gasteiger partial charge >= 0.3 is 0 Å². The van der Waals surface area contributed by atoms with Gasteiger partial charge in [-0.25, -0.2) is 0 Å². The van der Waals surface area contributed by atoms with Crippen molar-refractivity contribution in [3.63, 3.8) is 0 Å². The van der Waals surface area contributed by atoms with Crippen LogP contribution in [0.3, 0.4) is 0 Å². The molecule has 5 heteroatoms. The van der Waals surface area contributed by atoms with Gasteiger partial charge < -0.3 is 20.7 Å². The molecule has 1 unspecified atom stereocenters. The monoisotopic (exact) mass is 271 g/mol. The molecule has 1 rings (SSSR count). The van der Waals surface area contributed by atoms with Crippen molar-refractivity contribution < 1.29 is 9.53 Å². The van der Waals surface area contributed by atoms with Gasteiger partial charge in [0, 0.05) is 32.3 Å². The number of likely N-dealkylation sites (N-methyl/N-ethyl adjacent to an activating group) is 1. The number of hydrogen-bond donors (Lipinski definition) is 2. The number of rotatable bonds is 7. The topological polar surface area (TPSA) is 67.6 Å². The Morgan fingerprint density at radius 3 is 2.42 bits per heavy atom. The number of hydrogen-bond acceptors (Lipinski definition) is 4. The Hall–Kier alpha value is -0.650. The molecule has 1 atom stereocenters. The second kappa shape index (κ2) is 7.82. The highest BCUT2D eigenvalue weighted by Gasteiger charge is 2.39. The molecule has 0 aliphatic carbocycles. The lowest BCUT2D eigenvalue weighted by Crippen LogP contribution is -2.53. The van der Waals surface area contributed by atoms with Crippen LogP contribution in [0.1, 0.15) is 33.6 Å². The molecule has 1 amide bonds. The molecule has 1 heterocycles. The minimum absolute atomic E-state index is 0.0953. The van der Waals surface area contributed by atoms with Crippen LogP contribution in [0.15, 0.2) is 0 Å². The van der Waals surface area contributed by atoms with Gasteiger partial charge in [0.15, 0.2) is 0 Å². The molecule has 5 nitrogen and oxygen atoms in total. The van der Waals surface area contributed by atoms with Crippen molar-refractivity contribution >= 4 is 5.91 Å². The zero-order chi connectivity index (χ0) is 14.3. The maximum absolute atomic E-state index is 12.5. The summed E-state index contributed by atoms with van der Waals surface area (Å²) in [5.74, 6) is 0.0953. The zero-order valence-corrected chi connectivity index (χ0v) is 12.6. The van der Waals surface area contributed by atoms with E-state index in [2.05, 4.69) is 31.0 Å². The number of nitrogens with two attached hydrogens (primary N) is 1. The van der Waals surface area contributed by atoms with E-state index in [0.717, 1.165) is 32.5 Å². The molecule has 0 aromatic rings. The Bertz CT molecular complexity index is 274. The maximum Gasteiger partial charge on any atom is 0.227 e. The van der Waals surface area contributed by atoms with E-state index in [1.54, 1.807) is 0 Å². The van der Waals surface area contributed by atoms with Gasteiger partial charge in [-0.2, -0.15) is 0 Å². The van der Waals surface area contributed by atoms with Crippen LogP contribution in [0.2, 0.25) is 0 Å². The second-order valence-electron chi connectivity index (χ2n) is 5.46. The third kappa shape index (κ3) is 4.44. The van der Waals surface area contributed by atoms with Crippen molar-refractivity contribution in [1.82, 2.24) is 10.2 Å². The molecule has 19 heavy (non-hydrogen) atoms. The Labute approximate surface area is 116 Å². The van der Waals surface area contributed by atoms with E-state index in [1.165, 1.54) is 0 Å². The van der Waals surface area contributed by atoms with E-state index < -0.39 is 5.41 Å². The maximum atomic E-state index is 12.5. The lowest BCUT2D eigenvalue weighted by molar-refractivity contribution is -0.136. The van der Waals surface area contributed by atoms with E-state index in [1.807, 2.05) is 0 Å². The first-order chi connectivity index (χ1) is 9.07.